The molecule has 92 valence electrons. The highest BCUT2D eigenvalue weighted by atomic mass is 16.6. The lowest BCUT2D eigenvalue weighted by Gasteiger charge is -2.24. The maximum Gasteiger partial charge on any atom is 0.323 e. The summed E-state index contributed by atoms with van der Waals surface area (Å²) in [5.74, 6) is -1.12. The Balaban J connectivity index is 4.93. The number of carbonyl (C=O) groups is 2. The van der Waals surface area contributed by atoms with Crippen LogP contribution >= 0.6 is 0 Å². The number of esters is 2. The molecule has 0 aromatic heterocycles. The van der Waals surface area contributed by atoms with Crippen molar-refractivity contribution in [1.82, 2.24) is 0 Å². The average Bonchev–Trinajstić information content (AvgIpc) is 2.17. The Kier molecular flexibility index (Phi) is 5.78. The number of rotatable bonds is 6. The van der Waals surface area contributed by atoms with E-state index in [4.69, 9.17) is 9.47 Å². The largest absolute Gasteiger partial charge is 0.465 e. The monoisotopic (exact) mass is 228 g/mol. The maximum atomic E-state index is 11.8. The van der Waals surface area contributed by atoms with E-state index in [0.29, 0.717) is 0 Å². The van der Waals surface area contributed by atoms with Crippen LogP contribution < -0.4 is 0 Å². The molecular formula is C12H20O4. The zero-order valence-corrected chi connectivity index (χ0v) is 10.5. The van der Waals surface area contributed by atoms with Gasteiger partial charge in [0.15, 0.2) is 5.41 Å². The van der Waals surface area contributed by atoms with Crippen molar-refractivity contribution in [2.24, 2.45) is 5.41 Å². The summed E-state index contributed by atoms with van der Waals surface area (Å²) < 4.78 is 9.79. The smallest absolute Gasteiger partial charge is 0.323 e. The molecule has 0 aromatic carbocycles. The molecule has 4 heteroatoms. The molecule has 4 nitrogen and oxygen atoms in total. The summed E-state index contributed by atoms with van der Waals surface area (Å²) in [4.78, 5) is 23.5. The zero-order chi connectivity index (χ0) is 12.8. The molecule has 0 amide bonds. The van der Waals surface area contributed by atoms with E-state index >= 15 is 0 Å². The van der Waals surface area contributed by atoms with Gasteiger partial charge in [-0.05, 0) is 34.1 Å². The van der Waals surface area contributed by atoms with Gasteiger partial charge in [-0.2, -0.15) is 0 Å². The lowest BCUT2D eigenvalue weighted by molar-refractivity contribution is -0.170. The van der Waals surface area contributed by atoms with Crippen LogP contribution in [0.5, 0.6) is 0 Å². The van der Waals surface area contributed by atoms with E-state index in [1.165, 1.54) is 6.92 Å². The zero-order valence-electron chi connectivity index (χ0n) is 10.5. The molecule has 0 radical (unpaired) electrons. The third-order valence-electron chi connectivity index (χ3n) is 2.11. The van der Waals surface area contributed by atoms with Gasteiger partial charge in [0.05, 0.1) is 13.2 Å². The van der Waals surface area contributed by atoms with Crippen molar-refractivity contribution in [2.75, 3.05) is 13.2 Å². The van der Waals surface area contributed by atoms with Gasteiger partial charge in [-0.3, -0.25) is 9.59 Å². The molecule has 0 heterocycles. The summed E-state index contributed by atoms with van der Waals surface area (Å²) in [6.07, 6.45) is 0.241. The normalized spacial score (nSPS) is 10.8. The SMILES string of the molecule is C=C(C)CC(C)(C(=O)OCC)C(=O)OCC. The highest BCUT2D eigenvalue weighted by Crippen LogP contribution is 2.28. The highest BCUT2D eigenvalue weighted by molar-refractivity contribution is 5.99. The molecule has 0 unspecified atom stereocenters. The van der Waals surface area contributed by atoms with Crippen LogP contribution in [0.4, 0.5) is 0 Å². The van der Waals surface area contributed by atoms with Crippen LogP contribution in [0.15, 0.2) is 12.2 Å². The lowest BCUT2D eigenvalue weighted by atomic mass is 9.84. The molecule has 0 aliphatic heterocycles. The molecule has 0 spiro atoms. The van der Waals surface area contributed by atoms with Crippen molar-refractivity contribution in [1.29, 1.82) is 0 Å². The lowest BCUT2D eigenvalue weighted by Crippen LogP contribution is -2.39. The first-order valence-corrected chi connectivity index (χ1v) is 5.37. The summed E-state index contributed by atoms with van der Waals surface area (Å²) in [5.41, 5.74) is -0.540. The summed E-state index contributed by atoms with van der Waals surface area (Å²) in [6, 6.07) is 0. The number of hydrogen-bond donors (Lipinski definition) is 0. The predicted molar refractivity (Wildman–Crippen MR) is 60.8 cm³/mol. The van der Waals surface area contributed by atoms with Gasteiger partial charge < -0.3 is 9.47 Å². The number of hydrogen-bond acceptors (Lipinski definition) is 4. The van der Waals surface area contributed by atoms with Gasteiger partial charge in [0, 0.05) is 0 Å². The quantitative estimate of drug-likeness (QED) is 0.397. The first kappa shape index (κ1) is 14.7. The number of ether oxygens (including phenoxy) is 2. The molecule has 0 saturated heterocycles. The van der Waals surface area contributed by atoms with E-state index in [2.05, 4.69) is 6.58 Å². The molecule has 16 heavy (non-hydrogen) atoms. The van der Waals surface area contributed by atoms with E-state index in [0.717, 1.165) is 5.57 Å². The molecule has 0 rings (SSSR count). The summed E-state index contributed by atoms with van der Waals surface area (Å²) in [5, 5.41) is 0. The Hall–Kier alpha value is -1.32. The van der Waals surface area contributed by atoms with E-state index < -0.39 is 17.4 Å². The second kappa shape index (κ2) is 6.30. The van der Waals surface area contributed by atoms with Crippen molar-refractivity contribution in [3.05, 3.63) is 12.2 Å². The van der Waals surface area contributed by atoms with Crippen LogP contribution in [0.3, 0.4) is 0 Å². The molecule has 0 saturated carbocycles. The second-order valence-electron chi connectivity index (χ2n) is 3.91. The Morgan fingerprint density at radius 2 is 1.50 bits per heavy atom. The molecule has 0 N–H and O–H groups in total. The second-order valence-corrected chi connectivity index (χ2v) is 3.91. The third-order valence-corrected chi connectivity index (χ3v) is 2.11. The van der Waals surface area contributed by atoms with Gasteiger partial charge in [-0.15, -0.1) is 6.58 Å². The van der Waals surface area contributed by atoms with Crippen LogP contribution in [0.2, 0.25) is 0 Å². The third kappa shape index (κ3) is 3.68. The van der Waals surface area contributed by atoms with E-state index in [1.54, 1.807) is 20.8 Å². The highest BCUT2D eigenvalue weighted by Gasteiger charge is 2.44. The summed E-state index contributed by atoms with van der Waals surface area (Å²) >= 11 is 0. The van der Waals surface area contributed by atoms with Crippen LogP contribution in [-0.2, 0) is 19.1 Å². The van der Waals surface area contributed by atoms with E-state index in [1.807, 2.05) is 0 Å². The summed E-state index contributed by atoms with van der Waals surface area (Å²) in [6.45, 7) is 10.9. The van der Waals surface area contributed by atoms with Crippen molar-refractivity contribution in [3.63, 3.8) is 0 Å². The standard InChI is InChI=1S/C12H20O4/c1-6-15-10(13)12(5,8-9(3)4)11(14)16-7-2/h3,6-8H2,1-2,4-5H3. The molecular weight excluding hydrogens is 208 g/mol. The van der Waals surface area contributed by atoms with Crippen molar-refractivity contribution < 1.29 is 19.1 Å². The van der Waals surface area contributed by atoms with Gasteiger partial charge in [0.1, 0.15) is 0 Å². The molecule has 0 bridgehead atoms. The molecule has 0 aromatic rings. The molecule has 0 aliphatic rings. The fourth-order valence-corrected chi connectivity index (χ4v) is 1.41. The van der Waals surface area contributed by atoms with Crippen LogP contribution in [0, 0.1) is 5.41 Å². The first-order valence-electron chi connectivity index (χ1n) is 5.37. The first-order chi connectivity index (χ1) is 7.38. The Bertz CT molecular complexity index is 263. The predicted octanol–water partition coefficient (Wildman–Crippen LogP) is 2.09. The minimum Gasteiger partial charge on any atom is -0.465 e. The van der Waals surface area contributed by atoms with Gasteiger partial charge in [-0.1, -0.05) is 5.57 Å². The Morgan fingerprint density at radius 3 is 1.75 bits per heavy atom. The summed E-state index contributed by atoms with van der Waals surface area (Å²) in [7, 11) is 0. The maximum absolute atomic E-state index is 11.8. The fraction of sp³-hybridized carbons (Fsp3) is 0.667. The number of carbonyl (C=O) groups excluding carboxylic acids is 2. The Morgan fingerprint density at radius 1 is 1.12 bits per heavy atom. The van der Waals surface area contributed by atoms with Gasteiger partial charge in [-0.25, -0.2) is 0 Å². The van der Waals surface area contributed by atoms with Crippen molar-refractivity contribution in [2.45, 2.75) is 34.1 Å². The number of allylic oxidation sites excluding steroid dienone is 1. The average molecular weight is 228 g/mol. The molecule has 0 atom stereocenters. The molecule has 0 fully saturated rings. The fourth-order valence-electron chi connectivity index (χ4n) is 1.41. The van der Waals surface area contributed by atoms with Gasteiger partial charge >= 0.3 is 11.9 Å². The Labute approximate surface area is 96.6 Å². The van der Waals surface area contributed by atoms with Gasteiger partial charge in [0.2, 0.25) is 0 Å². The van der Waals surface area contributed by atoms with Crippen molar-refractivity contribution in [3.8, 4) is 0 Å². The van der Waals surface area contributed by atoms with Crippen molar-refractivity contribution >= 4 is 11.9 Å². The van der Waals surface area contributed by atoms with E-state index in [9.17, 15) is 9.59 Å². The topological polar surface area (TPSA) is 52.6 Å². The minimum atomic E-state index is -1.28. The van der Waals surface area contributed by atoms with Gasteiger partial charge in [0.25, 0.3) is 0 Å². The van der Waals surface area contributed by atoms with Crippen LogP contribution in [-0.4, -0.2) is 25.2 Å². The van der Waals surface area contributed by atoms with Crippen LogP contribution in [0.1, 0.15) is 34.1 Å². The van der Waals surface area contributed by atoms with E-state index in [-0.39, 0.29) is 19.6 Å². The minimum absolute atomic E-state index is 0.240. The molecule has 0 aliphatic carbocycles. The van der Waals surface area contributed by atoms with Crippen LogP contribution in [0.25, 0.3) is 0 Å².